The van der Waals surface area contributed by atoms with E-state index in [2.05, 4.69) is 18.2 Å². The van der Waals surface area contributed by atoms with E-state index in [0.717, 1.165) is 33.7 Å². The Hall–Kier alpha value is -4.06. The molecule has 6 nitrogen and oxygen atoms in total. The van der Waals surface area contributed by atoms with Crippen molar-refractivity contribution in [3.63, 3.8) is 0 Å². The molecule has 1 aliphatic rings. The van der Waals surface area contributed by atoms with Gasteiger partial charge in [0.2, 0.25) is 5.89 Å². The number of carboxylic acid groups (broad SMARTS) is 1. The van der Waals surface area contributed by atoms with Crippen molar-refractivity contribution in [1.82, 2.24) is 4.98 Å². The maximum atomic E-state index is 11.2. The predicted octanol–water partition coefficient (Wildman–Crippen LogP) is 5.57. The number of nitrogens with zero attached hydrogens (tertiary/aromatic N) is 1. The first-order valence-corrected chi connectivity index (χ1v) is 11.3. The number of carboxylic acids is 1. The lowest BCUT2D eigenvalue weighted by atomic mass is 9.97. The third-order valence-electron chi connectivity index (χ3n) is 6.04. The molecule has 34 heavy (non-hydrogen) atoms. The summed E-state index contributed by atoms with van der Waals surface area (Å²) in [6, 6.07) is 23.8. The molecule has 0 radical (unpaired) electrons. The molecule has 1 aromatic heterocycles. The van der Waals surface area contributed by atoms with E-state index in [0.29, 0.717) is 36.8 Å². The third-order valence-corrected chi connectivity index (χ3v) is 6.04. The van der Waals surface area contributed by atoms with Crippen molar-refractivity contribution in [1.29, 1.82) is 0 Å². The smallest absolute Gasteiger partial charge is 0.310 e. The van der Waals surface area contributed by atoms with Gasteiger partial charge in [0.1, 0.15) is 23.9 Å². The molecule has 6 heteroatoms. The average molecular weight is 456 g/mol. The summed E-state index contributed by atoms with van der Waals surface area (Å²) in [6.07, 6.45) is 1.07. The third kappa shape index (κ3) is 4.53. The van der Waals surface area contributed by atoms with Crippen molar-refractivity contribution in [3.05, 3.63) is 89.8 Å². The molecule has 0 fully saturated rings. The number of oxazole rings is 1. The number of rotatable bonds is 7. The van der Waals surface area contributed by atoms with E-state index in [1.165, 1.54) is 0 Å². The highest BCUT2D eigenvalue weighted by Crippen LogP contribution is 2.33. The van der Waals surface area contributed by atoms with E-state index < -0.39 is 11.9 Å². The average Bonchev–Trinajstić information content (AvgIpc) is 3.24. The first-order chi connectivity index (χ1) is 16.6. The summed E-state index contributed by atoms with van der Waals surface area (Å²) in [5.74, 6) is 1.41. The molecular formula is C28H25NO5. The number of aliphatic carboxylic acids is 1. The van der Waals surface area contributed by atoms with Crippen molar-refractivity contribution in [2.45, 2.75) is 19.8 Å². The molecular weight excluding hydrogens is 430 g/mol. The Morgan fingerprint density at radius 2 is 1.82 bits per heavy atom. The molecule has 0 saturated carbocycles. The largest absolute Gasteiger partial charge is 0.493 e. The van der Waals surface area contributed by atoms with Gasteiger partial charge < -0.3 is 19.0 Å². The molecule has 4 aromatic rings. The number of ether oxygens (including phenoxy) is 2. The van der Waals surface area contributed by atoms with Crippen LogP contribution in [-0.2, 0) is 17.6 Å². The van der Waals surface area contributed by atoms with Crippen LogP contribution in [0, 0.1) is 12.8 Å². The van der Waals surface area contributed by atoms with E-state index >= 15 is 0 Å². The number of hydrogen-bond donors (Lipinski definition) is 1. The fourth-order valence-electron chi connectivity index (χ4n) is 4.18. The van der Waals surface area contributed by atoms with Crippen LogP contribution in [0.5, 0.6) is 11.5 Å². The van der Waals surface area contributed by atoms with Gasteiger partial charge in [0.05, 0.1) is 18.2 Å². The molecule has 0 spiro atoms. The Bertz CT molecular complexity index is 1310. The van der Waals surface area contributed by atoms with Gasteiger partial charge >= 0.3 is 5.97 Å². The Morgan fingerprint density at radius 1 is 1.06 bits per heavy atom. The van der Waals surface area contributed by atoms with Gasteiger partial charge in [0.25, 0.3) is 0 Å². The fraction of sp³-hybridized carbons (Fsp3) is 0.214. The van der Waals surface area contributed by atoms with Gasteiger partial charge in [-0.05, 0) is 42.2 Å². The van der Waals surface area contributed by atoms with Crippen molar-refractivity contribution in [2.75, 3.05) is 13.2 Å². The fourth-order valence-corrected chi connectivity index (χ4v) is 4.18. The highest BCUT2D eigenvalue weighted by molar-refractivity contribution is 5.80. The SMILES string of the molecule is Cc1oc(-c2ccccc2-c2ccccc2)nc1CCOc1ccc2c(c1)OCC(C(=O)O)C2. The van der Waals surface area contributed by atoms with Gasteiger partial charge in [0, 0.05) is 18.1 Å². The highest BCUT2D eigenvalue weighted by atomic mass is 16.5. The molecule has 2 heterocycles. The Balaban J connectivity index is 1.27. The van der Waals surface area contributed by atoms with Crippen LogP contribution >= 0.6 is 0 Å². The van der Waals surface area contributed by atoms with Crippen LogP contribution in [-0.4, -0.2) is 29.3 Å². The maximum absolute atomic E-state index is 11.2. The second kappa shape index (κ2) is 9.43. The molecule has 1 atom stereocenters. The van der Waals surface area contributed by atoms with E-state index in [-0.39, 0.29) is 6.61 Å². The minimum Gasteiger partial charge on any atom is -0.493 e. The van der Waals surface area contributed by atoms with Gasteiger partial charge in [-0.3, -0.25) is 4.79 Å². The van der Waals surface area contributed by atoms with Crippen LogP contribution < -0.4 is 9.47 Å². The number of hydrogen-bond acceptors (Lipinski definition) is 5. The van der Waals surface area contributed by atoms with Crippen LogP contribution in [0.25, 0.3) is 22.6 Å². The second-order valence-electron chi connectivity index (χ2n) is 8.35. The molecule has 5 rings (SSSR count). The number of benzene rings is 3. The molecule has 0 aliphatic carbocycles. The summed E-state index contributed by atoms with van der Waals surface area (Å²) >= 11 is 0. The highest BCUT2D eigenvalue weighted by Gasteiger charge is 2.25. The van der Waals surface area contributed by atoms with E-state index in [1.54, 1.807) is 0 Å². The summed E-state index contributed by atoms with van der Waals surface area (Å²) in [5, 5.41) is 9.19. The molecule has 0 bridgehead atoms. The van der Waals surface area contributed by atoms with Crippen molar-refractivity contribution in [2.24, 2.45) is 5.92 Å². The normalized spacial score (nSPS) is 14.8. The summed E-state index contributed by atoms with van der Waals surface area (Å²) in [6.45, 7) is 2.53. The van der Waals surface area contributed by atoms with E-state index in [9.17, 15) is 9.90 Å². The van der Waals surface area contributed by atoms with Crippen LogP contribution in [0.3, 0.4) is 0 Å². The van der Waals surface area contributed by atoms with Crippen LogP contribution in [0.15, 0.2) is 77.2 Å². The molecule has 0 amide bonds. The lowest BCUT2D eigenvalue weighted by Crippen LogP contribution is -2.27. The Labute approximate surface area is 197 Å². The van der Waals surface area contributed by atoms with Gasteiger partial charge in [-0.25, -0.2) is 4.98 Å². The van der Waals surface area contributed by atoms with Gasteiger partial charge in [0.15, 0.2) is 0 Å². The molecule has 3 aromatic carbocycles. The Kier molecular flexibility index (Phi) is 6.04. The zero-order valence-electron chi connectivity index (χ0n) is 18.9. The quantitative estimate of drug-likeness (QED) is 0.392. The zero-order chi connectivity index (χ0) is 23.5. The number of aromatic nitrogens is 1. The topological polar surface area (TPSA) is 81.8 Å². The van der Waals surface area contributed by atoms with Gasteiger partial charge in [-0.1, -0.05) is 54.6 Å². The van der Waals surface area contributed by atoms with E-state index in [1.807, 2.05) is 61.5 Å². The molecule has 1 aliphatic heterocycles. The summed E-state index contributed by atoms with van der Waals surface area (Å²) in [4.78, 5) is 16.0. The predicted molar refractivity (Wildman–Crippen MR) is 128 cm³/mol. The maximum Gasteiger partial charge on any atom is 0.310 e. The van der Waals surface area contributed by atoms with Gasteiger partial charge in [-0.15, -0.1) is 0 Å². The Morgan fingerprint density at radius 3 is 2.62 bits per heavy atom. The van der Waals surface area contributed by atoms with Crippen LogP contribution in [0.2, 0.25) is 0 Å². The zero-order valence-corrected chi connectivity index (χ0v) is 18.9. The second-order valence-corrected chi connectivity index (χ2v) is 8.35. The van der Waals surface area contributed by atoms with Crippen molar-refractivity contribution >= 4 is 5.97 Å². The van der Waals surface area contributed by atoms with E-state index in [4.69, 9.17) is 18.9 Å². The van der Waals surface area contributed by atoms with Crippen molar-refractivity contribution in [3.8, 4) is 34.1 Å². The molecule has 172 valence electrons. The monoisotopic (exact) mass is 455 g/mol. The lowest BCUT2D eigenvalue weighted by molar-refractivity contribution is -0.143. The first kappa shape index (κ1) is 21.8. The number of fused-ring (bicyclic) bond motifs is 1. The molecule has 1 unspecified atom stereocenters. The molecule has 0 saturated heterocycles. The van der Waals surface area contributed by atoms with Crippen molar-refractivity contribution < 1.29 is 23.8 Å². The first-order valence-electron chi connectivity index (χ1n) is 11.3. The minimum absolute atomic E-state index is 0.178. The molecule has 1 N–H and O–H groups in total. The number of carbonyl (C=O) groups is 1. The lowest BCUT2D eigenvalue weighted by Gasteiger charge is -2.23. The number of aryl methyl sites for hydroxylation is 1. The van der Waals surface area contributed by atoms with Gasteiger partial charge in [-0.2, -0.15) is 0 Å². The summed E-state index contributed by atoms with van der Waals surface area (Å²) in [5.41, 5.74) is 4.89. The van der Waals surface area contributed by atoms with Crippen LogP contribution in [0.1, 0.15) is 17.0 Å². The summed E-state index contributed by atoms with van der Waals surface area (Å²) in [7, 11) is 0. The minimum atomic E-state index is -0.834. The summed E-state index contributed by atoms with van der Waals surface area (Å²) < 4.78 is 17.6. The van der Waals surface area contributed by atoms with Crippen LogP contribution in [0.4, 0.5) is 0 Å². The standard InChI is InChI=1S/C28H25NO5/c1-18-25(13-14-32-22-12-11-20-15-21(28(30)31)17-33-26(20)16-22)29-27(34-18)24-10-6-5-9-23(24)19-7-3-2-4-8-19/h2-12,16,21H,13-15,17H2,1H3,(H,30,31).